The molecule has 1 unspecified atom stereocenters. The maximum atomic E-state index is 9.60. The van der Waals surface area contributed by atoms with Crippen molar-refractivity contribution in [2.45, 2.75) is 52.0 Å². The fourth-order valence-corrected chi connectivity index (χ4v) is 6.00. The smallest absolute Gasteiger partial charge is 0.229 e. The summed E-state index contributed by atoms with van der Waals surface area (Å²) >= 11 is 1.42. The molecule has 3 fully saturated rings. The zero-order chi connectivity index (χ0) is 20.9. The van der Waals surface area contributed by atoms with E-state index in [0.29, 0.717) is 23.7 Å². The van der Waals surface area contributed by atoms with Gasteiger partial charge in [0.25, 0.3) is 0 Å². The fraction of sp³-hybridized carbons (Fsp3) is 0.636. The van der Waals surface area contributed by atoms with Crippen LogP contribution in [0.2, 0.25) is 0 Å². The minimum atomic E-state index is -0.0429. The van der Waals surface area contributed by atoms with Gasteiger partial charge in [0, 0.05) is 37.9 Å². The van der Waals surface area contributed by atoms with Crippen LogP contribution in [0.5, 0.6) is 0 Å². The van der Waals surface area contributed by atoms with Gasteiger partial charge in [0.2, 0.25) is 5.95 Å². The molecule has 1 aliphatic carbocycles. The highest BCUT2D eigenvalue weighted by molar-refractivity contribution is 7.10. The summed E-state index contributed by atoms with van der Waals surface area (Å²) in [6.07, 6.45) is 6.54. The number of hydrogen-bond donors (Lipinski definition) is 1. The van der Waals surface area contributed by atoms with E-state index in [2.05, 4.69) is 44.4 Å². The summed E-state index contributed by atoms with van der Waals surface area (Å²) in [6.45, 7) is 10.4. The molecule has 0 amide bonds. The van der Waals surface area contributed by atoms with Gasteiger partial charge in [-0.05, 0) is 62.0 Å². The van der Waals surface area contributed by atoms with Crippen molar-refractivity contribution in [3.8, 4) is 6.07 Å². The summed E-state index contributed by atoms with van der Waals surface area (Å²) in [6, 6.07) is 4.48. The molecule has 2 aromatic rings. The lowest BCUT2D eigenvalue weighted by Crippen LogP contribution is -2.72. The number of aryl methyl sites for hydroxylation is 2. The quantitative estimate of drug-likeness (QED) is 0.781. The van der Waals surface area contributed by atoms with Gasteiger partial charge in [0.15, 0.2) is 0 Å². The third kappa shape index (κ3) is 3.54. The molecule has 4 heterocycles. The van der Waals surface area contributed by atoms with Crippen LogP contribution >= 0.6 is 11.5 Å². The minimum absolute atomic E-state index is 0.0429. The van der Waals surface area contributed by atoms with E-state index < -0.39 is 0 Å². The highest BCUT2D eigenvalue weighted by atomic mass is 32.1. The summed E-state index contributed by atoms with van der Waals surface area (Å²) in [4.78, 5) is 14.2. The number of nitrogens with one attached hydrogen (secondary N) is 1. The predicted octanol–water partition coefficient (Wildman–Crippen LogP) is 3.89. The van der Waals surface area contributed by atoms with E-state index in [1.165, 1.54) is 30.8 Å². The predicted molar refractivity (Wildman–Crippen MR) is 119 cm³/mol. The number of piperidine rings is 1. The maximum Gasteiger partial charge on any atom is 0.229 e. The Kier molecular flexibility index (Phi) is 4.71. The highest BCUT2D eigenvalue weighted by Crippen LogP contribution is 2.55. The van der Waals surface area contributed by atoms with E-state index in [1.807, 2.05) is 19.2 Å². The molecule has 0 bridgehead atoms. The second-order valence-electron chi connectivity index (χ2n) is 9.76. The summed E-state index contributed by atoms with van der Waals surface area (Å²) in [5, 5.41) is 13.8. The van der Waals surface area contributed by atoms with Crippen molar-refractivity contribution in [1.29, 1.82) is 5.26 Å². The van der Waals surface area contributed by atoms with Crippen LogP contribution in [0.3, 0.4) is 0 Å². The maximum absolute atomic E-state index is 9.60. The summed E-state index contributed by atoms with van der Waals surface area (Å²) < 4.78 is 4.31. The monoisotopic (exact) mass is 423 g/mol. The molecule has 1 N–H and O–H groups in total. The van der Waals surface area contributed by atoms with Gasteiger partial charge in [0.05, 0.1) is 23.7 Å². The average Bonchev–Trinajstić information content (AvgIpc) is 3.27. The van der Waals surface area contributed by atoms with E-state index in [-0.39, 0.29) is 5.54 Å². The van der Waals surface area contributed by atoms with Crippen molar-refractivity contribution in [3.05, 3.63) is 23.5 Å². The summed E-state index contributed by atoms with van der Waals surface area (Å²) in [5.74, 6) is 2.28. The zero-order valence-electron chi connectivity index (χ0n) is 18.0. The first-order valence-corrected chi connectivity index (χ1v) is 11.6. The molecule has 1 atom stereocenters. The van der Waals surface area contributed by atoms with E-state index in [1.54, 1.807) is 0 Å². The number of likely N-dealkylation sites (tertiary alicyclic amines) is 1. The molecular formula is C22H29N7S. The molecule has 158 valence electrons. The van der Waals surface area contributed by atoms with Crippen LogP contribution in [0.1, 0.15) is 43.9 Å². The molecule has 30 heavy (non-hydrogen) atoms. The van der Waals surface area contributed by atoms with Gasteiger partial charge in [-0.3, -0.25) is 4.90 Å². The van der Waals surface area contributed by atoms with Crippen molar-refractivity contribution in [2.24, 2.45) is 11.3 Å². The largest absolute Gasteiger partial charge is 0.352 e. The standard InChI is InChI=1S/C22H29N7S/c1-15-9-21(4-5-21)12-29(11-15)22(6-7-23)13-28(14-22)19-16(2)10-24-20(26-19)25-18-8-17(3)27-30-18/h8,10,15H,4-6,9,11-14H2,1-3H3,(H,24,25,26). The lowest BCUT2D eigenvalue weighted by atomic mass is 9.78. The van der Waals surface area contributed by atoms with Crippen molar-refractivity contribution in [1.82, 2.24) is 19.2 Å². The minimum Gasteiger partial charge on any atom is -0.352 e. The Morgan fingerprint density at radius 3 is 2.77 bits per heavy atom. The number of rotatable bonds is 5. The van der Waals surface area contributed by atoms with Gasteiger partial charge in [-0.2, -0.15) is 14.6 Å². The van der Waals surface area contributed by atoms with Crippen LogP contribution < -0.4 is 10.2 Å². The van der Waals surface area contributed by atoms with Crippen molar-refractivity contribution < 1.29 is 0 Å². The van der Waals surface area contributed by atoms with Crippen molar-refractivity contribution >= 4 is 28.3 Å². The number of nitriles is 1. The number of hydrogen-bond acceptors (Lipinski definition) is 8. The van der Waals surface area contributed by atoms with Crippen LogP contribution in [0.25, 0.3) is 0 Å². The van der Waals surface area contributed by atoms with Gasteiger partial charge in [-0.15, -0.1) is 0 Å². The van der Waals surface area contributed by atoms with Crippen LogP contribution in [0.4, 0.5) is 16.8 Å². The van der Waals surface area contributed by atoms with E-state index in [4.69, 9.17) is 4.98 Å². The lowest BCUT2D eigenvalue weighted by molar-refractivity contribution is -0.00339. The van der Waals surface area contributed by atoms with Gasteiger partial charge in [0.1, 0.15) is 10.8 Å². The molecule has 1 spiro atoms. The Hall–Kier alpha value is -2.24. The first-order valence-electron chi connectivity index (χ1n) is 10.8. The third-order valence-corrected chi connectivity index (χ3v) is 7.75. The normalized spacial score (nSPS) is 24.3. The second kappa shape index (κ2) is 7.17. The van der Waals surface area contributed by atoms with Gasteiger partial charge >= 0.3 is 0 Å². The molecule has 7 nitrogen and oxygen atoms in total. The van der Waals surface area contributed by atoms with Crippen LogP contribution in [-0.2, 0) is 0 Å². The molecule has 5 rings (SSSR count). The Labute approximate surface area is 182 Å². The third-order valence-electron chi connectivity index (χ3n) is 6.95. The molecule has 1 saturated carbocycles. The molecule has 2 aromatic heterocycles. The highest BCUT2D eigenvalue weighted by Gasteiger charge is 2.55. The lowest BCUT2D eigenvalue weighted by Gasteiger charge is -2.58. The first kappa shape index (κ1) is 19.7. The van der Waals surface area contributed by atoms with Gasteiger partial charge < -0.3 is 10.2 Å². The van der Waals surface area contributed by atoms with Crippen LogP contribution in [0, 0.1) is 36.5 Å². The van der Waals surface area contributed by atoms with Crippen molar-refractivity contribution in [2.75, 3.05) is 36.4 Å². The first-order chi connectivity index (χ1) is 14.4. The Balaban J connectivity index is 1.34. The van der Waals surface area contributed by atoms with Crippen LogP contribution in [-0.4, -0.2) is 51.0 Å². The SMILES string of the molecule is Cc1cc(Nc2ncc(C)c(N3CC(CC#N)(N4CC(C)CC5(CC5)C4)C3)n2)sn1. The van der Waals surface area contributed by atoms with E-state index in [0.717, 1.165) is 48.3 Å². The molecular weight excluding hydrogens is 394 g/mol. The molecule has 2 aliphatic heterocycles. The van der Waals surface area contributed by atoms with E-state index >= 15 is 0 Å². The molecule has 8 heteroatoms. The summed E-state index contributed by atoms with van der Waals surface area (Å²) in [7, 11) is 0. The van der Waals surface area contributed by atoms with Crippen LogP contribution in [0.15, 0.2) is 12.3 Å². The molecule has 3 aliphatic rings. The topological polar surface area (TPSA) is 81.0 Å². The Morgan fingerprint density at radius 2 is 2.10 bits per heavy atom. The average molecular weight is 424 g/mol. The Bertz CT molecular complexity index is 984. The van der Waals surface area contributed by atoms with E-state index in [9.17, 15) is 5.26 Å². The van der Waals surface area contributed by atoms with Crippen molar-refractivity contribution in [3.63, 3.8) is 0 Å². The summed E-state index contributed by atoms with van der Waals surface area (Å²) in [5.41, 5.74) is 2.55. The Morgan fingerprint density at radius 1 is 1.30 bits per heavy atom. The number of aromatic nitrogens is 3. The zero-order valence-corrected chi connectivity index (χ0v) is 18.8. The molecule has 0 radical (unpaired) electrons. The molecule has 2 saturated heterocycles. The fourth-order valence-electron chi connectivity index (χ4n) is 5.35. The second-order valence-corrected chi connectivity index (χ2v) is 10.6. The van der Waals surface area contributed by atoms with Gasteiger partial charge in [-0.25, -0.2) is 4.98 Å². The number of anilines is 3. The number of nitrogens with zero attached hydrogens (tertiary/aromatic N) is 6. The molecule has 0 aromatic carbocycles. The van der Waals surface area contributed by atoms with Gasteiger partial charge in [-0.1, -0.05) is 6.92 Å².